The van der Waals surface area contributed by atoms with Crippen LogP contribution >= 0.6 is 0 Å². The van der Waals surface area contributed by atoms with Crippen LogP contribution in [0.5, 0.6) is 0 Å². The topological polar surface area (TPSA) is 86.7 Å². The summed E-state index contributed by atoms with van der Waals surface area (Å²) in [7, 11) is 0. The predicted octanol–water partition coefficient (Wildman–Crippen LogP) is 2.67. The number of aliphatic hydroxyl groups excluding tert-OH is 1. The molecule has 0 aliphatic heterocycles. The Morgan fingerprint density at radius 3 is 2.96 bits per heavy atom. The maximum atomic E-state index is 14.0. The second-order valence-electron chi connectivity index (χ2n) is 5.85. The van der Waals surface area contributed by atoms with Crippen LogP contribution in [0.3, 0.4) is 0 Å². The number of aromatic nitrogens is 4. The minimum absolute atomic E-state index is 0.00349. The average Bonchev–Trinajstić information content (AvgIpc) is 3.11. The molecule has 0 amide bonds. The van der Waals surface area contributed by atoms with Crippen molar-refractivity contribution in [3.63, 3.8) is 0 Å². The quantitative estimate of drug-likeness (QED) is 0.790. The molecule has 1 fully saturated rings. The van der Waals surface area contributed by atoms with Gasteiger partial charge in [0, 0.05) is 23.3 Å². The average molecular weight is 313 g/mol. The van der Waals surface area contributed by atoms with E-state index in [4.69, 9.17) is 5.11 Å². The van der Waals surface area contributed by atoms with Gasteiger partial charge >= 0.3 is 0 Å². The molecule has 0 bridgehead atoms. The van der Waals surface area contributed by atoms with E-state index in [2.05, 4.69) is 25.5 Å². The van der Waals surface area contributed by atoms with Crippen molar-refractivity contribution in [2.75, 3.05) is 11.9 Å². The number of hydrogen-bond acceptors (Lipinski definition) is 5. The molecule has 4 rings (SSSR count). The molecular formula is C16H16FN5O. The molecule has 7 heteroatoms. The molecule has 0 unspecified atom stereocenters. The fraction of sp³-hybridized carbons (Fsp3) is 0.312. The van der Waals surface area contributed by atoms with Gasteiger partial charge in [-0.15, -0.1) is 0 Å². The molecule has 2 heterocycles. The molecule has 2 aliphatic carbocycles. The first-order valence-corrected chi connectivity index (χ1v) is 7.57. The highest BCUT2D eigenvalue weighted by atomic mass is 19.1. The lowest BCUT2D eigenvalue weighted by molar-refractivity contribution is 0.330. The van der Waals surface area contributed by atoms with E-state index in [0.717, 1.165) is 23.0 Å². The zero-order chi connectivity index (χ0) is 15.8. The summed E-state index contributed by atoms with van der Waals surface area (Å²) in [6, 6.07) is 1.89. The Labute approximate surface area is 132 Å². The van der Waals surface area contributed by atoms with E-state index in [9.17, 15) is 4.39 Å². The molecule has 2 aromatic heterocycles. The highest BCUT2D eigenvalue weighted by molar-refractivity contribution is 5.69. The molecule has 118 valence electrons. The Kier molecular flexibility index (Phi) is 3.42. The molecule has 0 spiro atoms. The second kappa shape index (κ2) is 5.58. The molecule has 6 nitrogen and oxygen atoms in total. The van der Waals surface area contributed by atoms with Gasteiger partial charge in [-0.25, -0.2) is 14.4 Å². The van der Waals surface area contributed by atoms with Crippen LogP contribution in [0.15, 0.2) is 30.0 Å². The molecule has 1 saturated carbocycles. The number of nitrogens with zero attached hydrogens (tertiary/aromatic N) is 3. The summed E-state index contributed by atoms with van der Waals surface area (Å²) in [5.41, 5.74) is 2.82. The van der Waals surface area contributed by atoms with Gasteiger partial charge in [-0.3, -0.25) is 5.10 Å². The molecule has 0 atom stereocenters. The van der Waals surface area contributed by atoms with Crippen LogP contribution in [0.2, 0.25) is 0 Å². The van der Waals surface area contributed by atoms with Crippen LogP contribution < -0.4 is 5.32 Å². The summed E-state index contributed by atoms with van der Waals surface area (Å²) < 4.78 is 14.0. The standard InChI is InChI=1S/C16H16FN5O/c17-12-7-18-15(11-2-1-9(5-11)8-23)20-16(12)19-14-6-13(21-22-14)10-3-4-10/h1-2,6-7,10,23H,3-5,8H2,(H2,18,19,20,21,22). The summed E-state index contributed by atoms with van der Waals surface area (Å²) >= 11 is 0. The van der Waals surface area contributed by atoms with Crippen molar-refractivity contribution in [3.8, 4) is 0 Å². The summed E-state index contributed by atoms with van der Waals surface area (Å²) in [6.07, 6.45) is 7.75. The minimum atomic E-state index is -0.529. The van der Waals surface area contributed by atoms with E-state index in [1.807, 2.05) is 18.2 Å². The van der Waals surface area contributed by atoms with E-state index >= 15 is 0 Å². The van der Waals surface area contributed by atoms with Gasteiger partial charge in [-0.2, -0.15) is 5.10 Å². The first-order chi connectivity index (χ1) is 11.2. The van der Waals surface area contributed by atoms with Crippen LogP contribution in [0.4, 0.5) is 16.0 Å². The van der Waals surface area contributed by atoms with E-state index in [1.165, 1.54) is 12.8 Å². The van der Waals surface area contributed by atoms with Gasteiger partial charge < -0.3 is 10.4 Å². The van der Waals surface area contributed by atoms with E-state index in [0.29, 0.717) is 24.0 Å². The lowest BCUT2D eigenvalue weighted by Crippen LogP contribution is -2.03. The lowest BCUT2D eigenvalue weighted by Gasteiger charge is -2.07. The molecular weight excluding hydrogens is 297 g/mol. The molecule has 3 N–H and O–H groups in total. The summed E-state index contributed by atoms with van der Waals surface area (Å²) in [5, 5.41) is 19.2. The van der Waals surface area contributed by atoms with Crippen LogP contribution in [0, 0.1) is 5.82 Å². The van der Waals surface area contributed by atoms with E-state index in [1.54, 1.807) is 0 Å². The molecule has 23 heavy (non-hydrogen) atoms. The number of aromatic amines is 1. The van der Waals surface area contributed by atoms with Crippen molar-refractivity contribution in [2.24, 2.45) is 0 Å². The van der Waals surface area contributed by atoms with E-state index in [-0.39, 0.29) is 12.4 Å². The molecule has 0 aromatic carbocycles. The lowest BCUT2D eigenvalue weighted by atomic mass is 10.1. The number of H-pyrrole nitrogens is 1. The summed E-state index contributed by atoms with van der Waals surface area (Å²) in [6.45, 7) is 0.00349. The summed E-state index contributed by atoms with van der Waals surface area (Å²) in [5.74, 6) is 1.12. The van der Waals surface area contributed by atoms with Crippen LogP contribution in [0.1, 0.15) is 36.7 Å². The summed E-state index contributed by atoms with van der Waals surface area (Å²) in [4.78, 5) is 8.29. The van der Waals surface area contributed by atoms with Gasteiger partial charge in [0.1, 0.15) is 0 Å². The van der Waals surface area contributed by atoms with Crippen molar-refractivity contribution in [2.45, 2.75) is 25.2 Å². The zero-order valence-corrected chi connectivity index (χ0v) is 12.4. The van der Waals surface area contributed by atoms with Crippen molar-refractivity contribution in [1.29, 1.82) is 0 Å². The molecule has 0 saturated heterocycles. The van der Waals surface area contributed by atoms with Crippen molar-refractivity contribution in [1.82, 2.24) is 20.2 Å². The van der Waals surface area contributed by atoms with Crippen LogP contribution in [-0.4, -0.2) is 31.9 Å². The monoisotopic (exact) mass is 313 g/mol. The molecule has 2 aliphatic rings. The fourth-order valence-electron chi connectivity index (χ4n) is 2.58. The third kappa shape index (κ3) is 2.87. The Morgan fingerprint density at radius 2 is 2.22 bits per heavy atom. The fourth-order valence-corrected chi connectivity index (χ4v) is 2.58. The maximum Gasteiger partial charge on any atom is 0.184 e. The number of allylic oxidation sites excluding steroid dienone is 3. The van der Waals surface area contributed by atoms with Crippen LogP contribution in [-0.2, 0) is 0 Å². The number of aliphatic hydroxyl groups is 1. The maximum absolute atomic E-state index is 14.0. The molecule has 2 aromatic rings. The Bertz CT molecular complexity index is 807. The number of rotatable bonds is 5. The third-order valence-corrected chi connectivity index (χ3v) is 4.03. The zero-order valence-electron chi connectivity index (χ0n) is 12.4. The SMILES string of the molecule is OCC1=CC=C(c2ncc(F)c(Nc3cc(C4CC4)[nH]n3)n2)C1. The van der Waals surface area contributed by atoms with Gasteiger partial charge in [0.25, 0.3) is 0 Å². The third-order valence-electron chi connectivity index (χ3n) is 4.03. The van der Waals surface area contributed by atoms with Crippen molar-refractivity contribution >= 4 is 17.2 Å². The van der Waals surface area contributed by atoms with Crippen molar-refractivity contribution in [3.05, 3.63) is 47.3 Å². The van der Waals surface area contributed by atoms with Gasteiger partial charge in [0.05, 0.1) is 12.8 Å². The first kappa shape index (κ1) is 14.1. The second-order valence-corrected chi connectivity index (χ2v) is 5.85. The largest absolute Gasteiger partial charge is 0.392 e. The predicted molar refractivity (Wildman–Crippen MR) is 83.6 cm³/mol. The Morgan fingerprint density at radius 1 is 1.35 bits per heavy atom. The van der Waals surface area contributed by atoms with Gasteiger partial charge in [0.2, 0.25) is 0 Å². The van der Waals surface area contributed by atoms with Gasteiger partial charge in [-0.05, 0) is 24.8 Å². The minimum Gasteiger partial charge on any atom is -0.392 e. The number of anilines is 2. The first-order valence-electron chi connectivity index (χ1n) is 7.57. The van der Waals surface area contributed by atoms with Gasteiger partial charge in [-0.1, -0.05) is 12.2 Å². The Hall–Kier alpha value is -2.54. The Balaban J connectivity index is 1.54. The number of nitrogens with one attached hydrogen (secondary N) is 2. The van der Waals surface area contributed by atoms with Crippen LogP contribution in [0.25, 0.3) is 5.57 Å². The normalized spacial score (nSPS) is 17.1. The van der Waals surface area contributed by atoms with Gasteiger partial charge in [0.15, 0.2) is 23.3 Å². The number of halogens is 1. The highest BCUT2D eigenvalue weighted by Gasteiger charge is 2.25. The van der Waals surface area contributed by atoms with E-state index < -0.39 is 5.82 Å². The highest BCUT2D eigenvalue weighted by Crippen LogP contribution is 2.39. The molecule has 0 radical (unpaired) electrons. The van der Waals surface area contributed by atoms with Crippen molar-refractivity contribution < 1.29 is 9.50 Å². The number of hydrogen-bond donors (Lipinski definition) is 3. The smallest absolute Gasteiger partial charge is 0.184 e.